The molecule has 302 valence electrons. The van der Waals surface area contributed by atoms with E-state index in [1.165, 1.54) is 12.5 Å². The monoisotopic (exact) mass is 774 g/mol. The van der Waals surface area contributed by atoms with Gasteiger partial charge < -0.3 is 42.7 Å². The molecule has 0 aromatic carbocycles. The molecule has 0 aliphatic carbocycles. The average Bonchev–Trinajstić information content (AvgIpc) is 3.96. The van der Waals surface area contributed by atoms with Crippen LogP contribution in [0.1, 0.15) is 87.1 Å². The van der Waals surface area contributed by atoms with Crippen molar-refractivity contribution in [3.63, 3.8) is 0 Å². The fraction of sp³-hybridized carbons (Fsp3) is 0.488. The Labute approximate surface area is 328 Å². The van der Waals surface area contributed by atoms with Gasteiger partial charge in [0.2, 0.25) is 5.89 Å². The fourth-order valence-corrected chi connectivity index (χ4v) is 6.10. The van der Waals surface area contributed by atoms with E-state index in [4.69, 9.17) is 32.5 Å². The highest BCUT2D eigenvalue weighted by atomic mass is 16.6. The lowest BCUT2D eigenvalue weighted by atomic mass is 9.79. The molecule has 9 unspecified atom stereocenters. The number of esters is 2. The number of hydrogen-bond donors (Lipinski definition) is 2. The molecule has 0 amide bonds. The molecule has 13 nitrogen and oxygen atoms in total. The molecule has 2 aromatic heterocycles. The summed E-state index contributed by atoms with van der Waals surface area (Å²) in [7, 11) is 1.56. The summed E-state index contributed by atoms with van der Waals surface area (Å²) in [4.78, 5) is 35.3. The van der Waals surface area contributed by atoms with Gasteiger partial charge in [0, 0.05) is 36.9 Å². The smallest absolute Gasteiger partial charge is 0.360 e. The van der Waals surface area contributed by atoms with E-state index in [1.54, 1.807) is 49.6 Å². The number of cyclic esters (lactones) is 2. The van der Waals surface area contributed by atoms with E-state index in [2.05, 4.69) is 9.97 Å². The van der Waals surface area contributed by atoms with Crippen molar-refractivity contribution in [3.8, 4) is 0 Å². The molecular formula is C43H54N2O11. The van der Waals surface area contributed by atoms with Crippen molar-refractivity contribution in [2.24, 2.45) is 10.8 Å². The number of aromatic nitrogens is 2. The predicted molar refractivity (Wildman–Crippen MR) is 207 cm³/mol. The number of oxazole rings is 2. The van der Waals surface area contributed by atoms with Crippen molar-refractivity contribution in [2.75, 3.05) is 7.11 Å². The topological polar surface area (TPSA) is 179 Å². The van der Waals surface area contributed by atoms with E-state index in [-0.39, 0.29) is 54.0 Å². The van der Waals surface area contributed by atoms with Gasteiger partial charge in [0.05, 0.1) is 24.7 Å². The van der Waals surface area contributed by atoms with E-state index >= 15 is 0 Å². The summed E-state index contributed by atoms with van der Waals surface area (Å²) in [5.74, 6) is -0.844. The van der Waals surface area contributed by atoms with Crippen LogP contribution in [0.3, 0.4) is 0 Å². The summed E-state index contributed by atoms with van der Waals surface area (Å²) in [6.07, 6.45) is 24.1. The molecule has 13 heteroatoms. The second-order valence-corrected chi connectivity index (χ2v) is 15.1. The predicted octanol–water partition coefficient (Wildman–Crippen LogP) is 6.46. The summed E-state index contributed by atoms with van der Waals surface area (Å²) < 4.78 is 40.3. The Kier molecular flexibility index (Phi) is 14.4. The van der Waals surface area contributed by atoms with Crippen LogP contribution >= 0.6 is 0 Å². The SMILES string of the molecule is CC=CC(O)C(C)(C)C1CC=CC2OC2C=CC(OC)Cc2nc(co2)C(=O)OC(C(C)(C)C(O)C=CC)CC=CC2OC2C=CC=Cc2nc(co2)C(=O)O1. The average molecular weight is 775 g/mol. The van der Waals surface area contributed by atoms with Crippen LogP contribution in [-0.4, -0.2) is 94.2 Å². The second kappa shape index (κ2) is 19.0. The summed E-state index contributed by atoms with van der Waals surface area (Å²) in [6.45, 7) is 11.0. The standard InChI is InChI=1S/C43H54N2O11/c1-8-14-34(46)42(3,4)36-20-13-18-32-33(54-32)23-22-27(50-7)24-39-45-29(26-52-39)41(49)56-37(43(5,6)35(47)15-9-2)19-12-17-31-30(53-31)16-10-11-21-38-44-28(25-51-38)40(48)55-36/h8-18,21-23,25-27,30-37,46-47H,19-20,24H2,1-7H3. The molecule has 3 aliphatic rings. The molecule has 0 saturated carbocycles. The quantitative estimate of drug-likeness (QED) is 0.178. The van der Waals surface area contributed by atoms with Crippen LogP contribution in [0, 0.1) is 10.8 Å². The van der Waals surface area contributed by atoms with Crippen molar-refractivity contribution in [3.05, 3.63) is 115 Å². The third-order valence-corrected chi connectivity index (χ3v) is 10.2. The van der Waals surface area contributed by atoms with Crippen LogP contribution in [0.15, 0.2) is 100 Å². The number of epoxide rings is 2. The number of aliphatic hydroxyl groups excluding tert-OH is 2. The minimum Gasteiger partial charge on any atom is -0.457 e. The highest BCUT2D eigenvalue weighted by Gasteiger charge is 2.41. The maximum atomic E-state index is 13.4. The van der Waals surface area contributed by atoms with Gasteiger partial charge in [0.25, 0.3) is 0 Å². The first kappa shape index (κ1) is 42.5. The number of carbonyl (C=O) groups excluding carboxylic acids is 2. The van der Waals surface area contributed by atoms with Crippen molar-refractivity contribution in [1.29, 1.82) is 0 Å². The normalized spacial score (nSPS) is 28.1. The zero-order valence-electron chi connectivity index (χ0n) is 33.0. The van der Waals surface area contributed by atoms with Gasteiger partial charge in [-0.1, -0.05) is 107 Å². The Morgan fingerprint density at radius 1 is 0.732 bits per heavy atom. The second-order valence-electron chi connectivity index (χ2n) is 15.1. The number of aliphatic hydroxyl groups is 2. The molecule has 0 spiro atoms. The first-order chi connectivity index (χ1) is 26.8. The molecule has 5 heterocycles. The van der Waals surface area contributed by atoms with Gasteiger partial charge in [0.15, 0.2) is 17.3 Å². The Bertz CT molecular complexity index is 1840. The van der Waals surface area contributed by atoms with Gasteiger partial charge in [-0.3, -0.25) is 0 Å². The molecule has 0 radical (unpaired) electrons. The fourth-order valence-electron chi connectivity index (χ4n) is 6.10. The first-order valence-electron chi connectivity index (χ1n) is 18.9. The molecule has 3 aliphatic heterocycles. The molecular weight excluding hydrogens is 720 g/mol. The molecule has 2 N–H and O–H groups in total. The van der Waals surface area contributed by atoms with Gasteiger partial charge in [-0.2, -0.15) is 0 Å². The number of ether oxygens (including phenoxy) is 5. The Morgan fingerprint density at radius 2 is 1.25 bits per heavy atom. The van der Waals surface area contributed by atoms with Gasteiger partial charge in [-0.25, -0.2) is 19.6 Å². The number of fused-ring (bicyclic) bond motifs is 6. The Balaban J connectivity index is 1.37. The van der Waals surface area contributed by atoms with E-state index in [1.807, 2.05) is 84.1 Å². The minimum absolute atomic E-state index is 0.00381. The van der Waals surface area contributed by atoms with Gasteiger partial charge >= 0.3 is 11.9 Å². The Morgan fingerprint density at radius 3 is 1.80 bits per heavy atom. The largest absolute Gasteiger partial charge is 0.457 e. The lowest BCUT2D eigenvalue weighted by molar-refractivity contribution is -0.0461. The number of carbonyl (C=O) groups is 2. The maximum Gasteiger partial charge on any atom is 0.360 e. The maximum absolute atomic E-state index is 13.4. The van der Waals surface area contributed by atoms with E-state index in [9.17, 15) is 19.8 Å². The minimum atomic E-state index is -0.884. The van der Waals surface area contributed by atoms with Crippen LogP contribution in [-0.2, 0) is 30.1 Å². The van der Waals surface area contributed by atoms with Crippen LogP contribution in [0.2, 0.25) is 0 Å². The zero-order chi connectivity index (χ0) is 40.5. The van der Waals surface area contributed by atoms with Gasteiger partial charge in [0.1, 0.15) is 49.2 Å². The number of nitrogens with zero attached hydrogens (tertiary/aromatic N) is 2. The van der Waals surface area contributed by atoms with Crippen molar-refractivity contribution < 1.29 is 52.3 Å². The zero-order valence-corrected chi connectivity index (χ0v) is 33.0. The highest BCUT2D eigenvalue weighted by Crippen LogP contribution is 2.35. The number of allylic oxidation sites excluding steroid dienone is 4. The lowest BCUT2D eigenvalue weighted by Crippen LogP contribution is -2.42. The third kappa shape index (κ3) is 11.2. The molecule has 5 rings (SSSR count). The summed E-state index contributed by atoms with van der Waals surface area (Å²) in [5.41, 5.74) is -1.68. The lowest BCUT2D eigenvalue weighted by Gasteiger charge is -2.36. The molecule has 56 heavy (non-hydrogen) atoms. The van der Waals surface area contributed by atoms with Crippen molar-refractivity contribution in [2.45, 2.75) is 116 Å². The first-order valence-corrected chi connectivity index (χ1v) is 18.9. The number of rotatable bonds is 7. The summed E-state index contributed by atoms with van der Waals surface area (Å²) in [6, 6.07) is 0. The molecule has 4 bridgehead atoms. The third-order valence-electron chi connectivity index (χ3n) is 10.2. The summed E-state index contributed by atoms with van der Waals surface area (Å²) >= 11 is 0. The van der Waals surface area contributed by atoms with E-state index in [0.29, 0.717) is 12.8 Å². The van der Waals surface area contributed by atoms with E-state index < -0.39 is 53.3 Å². The van der Waals surface area contributed by atoms with Crippen LogP contribution in [0.5, 0.6) is 0 Å². The van der Waals surface area contributed by atoms with Gasteiger partial charge in [-0.15, -0.1) is 0 Å². The highest BCUT2D eigenvalue weighted by molar-refractivity contribution is 5.87. The number of methoxy groups -OCH3 is 1. The van der Waals surface area contributed by atoms with Gasteiger partial charge in [-0.05, 0) is 13.8 Å². The van der Waals surface area contributed by atoms with Crippen LogP contribution < -0.4 is 0 Å². The molecule has 2 aromatic rings. The molecule has 9 atom stereocenters. The van der Waals surface area contributed by atoms with Crippen LogP contribution in [0.4, 0.5) is 0 Å². The number of hydrogen-bond acceptors (Lipinski definition) is 13. The van der Waals surface area contributed by atoms with Crippen molar-refractivity contribution >= 4 is 18.0 Å². The Hall–Kier alpha value is -4.66. The van der Waals surface area contributed by atoms with E-state index in [0.717, 1.165) is 0 Å². The van der Waals surface area contributed by atoms with Crippen molar-refractivity contribution in [1.82, 2.24) is 9.97 Å². The summed E-state index contributed by atoms with van der Waals surface area (Å²) in [5, 5.41) is 21.9. The van der Waals surface area contributed by atoms with Crippen LogP contribution in [0.25, 0.3) is 6.08 Å². The molecule has 2 fully saturated rings. The molecule has 2 saturated heterocycles.